The van der Waals surface area contributed by atoms with Crippen molar-refractivity contribution in [2.24, 2.45) is 12.8 Å². The number of pyridine rings is 1. The highest BCUT2D eigenvalue weighted by Gasteiger charge is 2.03. The van der Waals surface area contributed by atoms with Crippen LogP contribution in [0, 0.1) is 0 Å². The number of rotatable bonds is 2. The fourth-order valence-electron chi connectivity index (χ4n) is 1.36. The Labute approximate surface area is 82.4 Å². The summed E-state index contributed by atoms with van der Waals surface area (Å²) in [5, 5.41) is 4.09. The zero-order chi connectivity index (χ0) is 9.97. The van der Waals surface area contributed by atoms with Crippen LogP contribution in [0.4, 0.5) is 0 Å². The Morgan fingerprint density at radius 1 is 1.36 bits per heavy atom. The third kappa shape index (κ3) is 1.52. The summed E-state index contributed by atoms with van der Waals surface area (Å²) in [6, 6.07) is 7.76. The molecular weight excluding hydrogens is 176 g/mol. The van der Waals surface area contributed by atoms with Crippen molar-refractivity contribution in [1.29, 1.82) is 0 Å². The van der Waals surface area contributed by atoms with Gasteiger partial charge < -0.3 is 5.73 Å². The molecule has 2 N–H and O–H groups in total. The molecule has 2 aromatic rings. The van der Waals surface area contributed by atoms with Crippen LogP contribution in [0.15, 0.2) is 30.5 Å². The first-order valence-corrected chi connectivity index (χ1v) is 4.45. The van der Waals surface area contributed by atoms with E-state index in [1.165, 1.54) is 0 Å². The summed E-state index contributed by atoms with van der Waals surface area (Å²) >= 11 is 0. The van der Waals surface area contributed by atoms with E-state index in [4.69, 9.17) is 5.73 Å². The standard InChI is InChI=1S/C10H12N4/c1-14-10(5-6-12-14)9-4-2-3-8(7-11)13-9/h2-6H,7,11H2,1H3. The van der Waals surface area contributed by atoms with Crippen LogP contribution in [0.1, 0.15) is 5.69 Å². The van der Waals surface area contributed by atoms with Gasteiger partial charge in [-0.2, -0.15) is 5.10 Å². The van der Waals surface area contributed by atoms with Gasteiger partial charge >= 0.3 is 0 Å². The molecule has 0 amide bonds. The molecule has 72 valence electrons. The number of aryl methyl sites for hydroxylation is 1. The van der Waals surface area contributed by atoms with E-state index in [0.717, 1.165) is 17.1 Å². The van der Waals surface area contributed by atoms with Gasteiger partial charge in [-0.05, 0) is 18.2 Å². The lowest BCUT2D eigenvalue weighted by Crippen LogP contribution is -2.01. The molecule has 2 rings (SSSR count). The lowest BCUT2D eigenvalue weighted by atomic mass is 10.2. The number of aromatic nitrogens is 3. The number of nitrogens with two attached hydrogens (primary N) is 1. The largest absolute Gasteiger partial charge is 0.325 e. The summed E-state index contributed by atoms with van der Waals surface area (Å²) in [5.74, 6) is 0. The number of hydrogen-bond donors (Lipinski definition) is 1. The molecule has 0 aliphatic carbocycles. The van der Waals surface area contributed by atoms with Gasteiger partial charge in [-0.1, -0.05) is 6.07 Å². The maximum Gasteiger partial charge on any atom is 0.0886 e. The van der Waals surface area contributed by atoms with Crippen molar-refractivity contribution in [3.8, 4) is 11.4 Å². The van der Waals surface area contributed by atoms with E-state index in [9.17, 15) is 0 Å². The van der Waals surface area contributed by atoms with Crippen molar-refractivity contribution in [1.82, 2.24) is 14.8 Å². The fraction of sp³-hybridized carbons (Fsp3) is 0.200. The minimum absolute atomic E-state index is 0.464. The minimum Gasteiger partial charge on any atom is -0.325 e. The van der Waals surface area contributed by atoms with Crippen LogP contribution in [0.3, 0.4) is 0 Å². The van der Waals surface area contributed by atoms with Gasteiger partial charge in [0.25, 0.3) is 0 Å². The Balaban J connectivity index is 2.47. The maximum absolute atomic E-state index is 5.53. The maximum atomic E-state index is 5.53. The smallest absolute Gasteiger partial charge is 0.0886 e. The molecule has 4 heteroatoms. The molecule has 0 aliphatic heterocycles. The van der Waals surface area contributed by atoms with Gasteiger partial charge in [-0.25, -0.2) is 4.98 Å². The monoisotopic (exact) mass is 188 g/mol. The van der Waals surface area contributed by atoms with Gasteiger partial charge in [0.1, 0.15) is 0 Å². The normalized spacial score (nSPS) is 10.4. The van der Waals surface area contributed by atoms with Crippen molar-refractivity contribution in [2.45, 2.75) is 6.54 Å². The molecule has 0 spiro atoms. The molecule has 2 aromatic heterocycles. The molecule has 0 fully saturated rings. The zero-order valence-electron chi connectivity index (χ0n) is 8.01. The Morgan fingerprint density at radius 2 is 2.21 bits per heavy atom. The van der Waals surface area contributed by atoms with Crippen LogP contribution in [0.5, 0.6) is 0 Å². The second-order valence-corrected chi connectivity index (χ2v) is 3.06. The van der Waals surface area contributed by atoms with Crippen LogP contribution in [-0.2, 0) is 13.6 Å². The van der Waals surface area contributed by atoms with E-state index in [1.54, 1.807) is 10.9 Å². The molecule has 14 heavy (non-hydrogen) atoms. The minimum atomic E-state index is 0.464. The highest BCUT2D eigenvalue weighted by Crippen LogP contribution is 2.15. The van der Waals surface area contributed by atoms with Crippen molar-refractivity contribution >= 4 is 0 Å². The van der Waals surface area contributed by atoms with E-state index in [2.05, 4.69) is 10.1 Å². The molecule has 0 aliphatic rings. The van der Waals surface area contributed by atoms with Crippen LogP contribution < -0.4 is 5.73 Å². The summed E-state index contributed by atoms with van der Waals surface area (Å²) in [5.41, 5.74) is 8.33. The van der Waals surface area contributed by atoms with Crippen molar-refractivity contribution in [3.63, 3.8) is 0 Å². The first kappa shape index (κ1) is 8.90. The van der Waals surface area contributed by atoms with Gasteiger partial charge in [-0.15, -0.1) is 0 Å². The first-order valence-electron chi connectivity index (χ1n) is 4.45. The molecule has 0 saturated heterocycles. The molecule has 0 bridgehead atoms. The summed E-state index contributed by atoms with van der Waals surface area (Å²) in [6.45, 7) is 0.464. The SMILES string of the molecule is Cn1nccc1-c1cccc(CN)n1. The Bertz CT molecular complexity index is 433. The van der Waals surface area contributed by atoms with E-state index in [1.807, 2.05) is 31.3 Å². The molecule has 0 unspecified atom stereocenters. The molecule has 4 nitrogen and oxygen atoms in total. The zero-order valence-corrected chi connectivity index (χ0v) is 8.01. The van der Waals surface area contributed by atoms with Crippen LogP contribution >= 0.6 is 0 Å². The molecule has 0 radical (unpaired) electrons. The summed E-state index contributed by atoms with van der Waals surface area (Å²) in [4.78, 5) is 4.41. The van der Waals surface area contributed by atoms with Gasteiger partial charge in [0, 0.05) is 19.8 Å². The second-order valence-electron chi connectivity index (χ2n) is 3.06. The van der Waals surface area contributed by atoms with E-state index in [0.29, 0.717) is 6.54 Å². The topological polar surface area (TPSA) is 56.7 Å². The summed E-state index contributed by atoms with van der Waals surface area (Å²) in [6.07, 6.45) is 1.76. The van der Waals surface area contributed by atoms with Gasteiger partial charge in [0.05, 0.1) is 17.1 Å². The Morgan fingerprint density at radius 3 is 2.86 bits per heavy atom. The Kier molecular flexibility index (Phi) is 2.28. The van der Waals surface area contributed by atoms with Gasteiger partial charge in [0.15, 0.2) is 0 Å². The quantitative estimate of drug-likeness (QED) is 0.763. The van der Waals surface area contributed by atoms with Crippen molar-refractivity contribution in [3.05, 3.63) is 36.2 Å². The fourth-order valence-corrected chi connectivity index (χ4v) is 1.36. The highest BCUT2D eigenvalue weighted by molar-refractivity contribution is 5.53. The molecule has 0 saturated carbocycles. The average Bonchev–Trinajstić information content (AvgIpc) is 2.65. The predicted octanol–water partition coefficient (Wildman–Crippen LogP) is 0.941. The third-order valence-corrected chi connectivity index (χ3v) is 2.10. The highest BCUT2D eigenvalue weighted by atomic mass is 15.3. The third-order valence-electron chi connectivity index (χ3n) is 2.10. The Hall–Kier alpha value is -1.68. The molecule has 2 heterocycles. The lowest BCUT2D eigenvalue weighted by Gasteiger charge is -2.02. The number of hydrogen-bond acceptors (Lipinski definition) is 3. The van der Waals surface area contributed by atoms with Gasteiger partial charge in [0.2, 0.25) is 0 Å². The average molecular weight is 188 g/mol. The summed E-state index contributed by atoms with van der Waals surface area (Å²) in [7, 11) is 1.89. The predicted molar refractivity (Wildman–Crippen MR) is 54.3 cm³/mol. The van der Waals surface area contributed by atoms with E-state index >= 15 is 0 Å². The second kappa shape index (κ2) is 3.59. The molecular formula is C10H12N4. The van der Waals surface area contributed by atoms with Crippen molar-refractivity contribution < 1.29 is 0 Å². The molecule has 0 atom stereocenters. The first-order chi connectivity index (χ1) is 6.81. The van der Waals surface area contributed by atoms with Crippen LogP contribution in [0.2, 0.25) is 0 Å². The van der Waals surface area contributed by atoms with Crippen LogP contribution in [-0.4, -0.2) is 14.8 Å². The lowest BCUT2D eigenvalue weighted by molar-refractivity contribution is 0.772. The molecule has 0 aromatic carbocycles. The van der Waals surface area contributed by atoms with Gasteiger partial charge in [-0.3, -0.25) is 4.68 Å². The van der Waals surface area contributed by atoms with Crippen molar-refractivity contribution in [2.75, 3.05) is 0 Å². The summed E-state index contributed by atoms with van der Waals surface area (Å²) < 4.78 is 1.79. The van der Waals surface area contributed by atoms with E-state index in [-0.39, 0.29) is 0 Å². The van der Waals surface area contributed by atoms with E-state index < -0.39 is 0 Å². The van der Waals surface area contributed by atoms with Crippen LogP contribution in [0.25, 0.3) is 11.4 Å². The number of nitrogens with zero attached hydrogens (tertiary/aromatic N) is 3.